The van der Waals surface area contributed by atoms with Gasteiger partial charge in [0, 0.05) is 12.4 Å². The van der Waals surface area contributed by atoms with Crippen LogP contribution in [0, 0.1) is 0 Å². The van der Waals surface area contributed by atoms with Gasteiger partial charge in [-0.25, -0.2) is 4.98 Å². The summed E-state index contributed by atoms with van der Waals surface area (Å²) in [6, 6.07) is 0. The van der Waals surface area contributed by atoms with Crippen LogP contribution in [-0.2, 0) is 9.53 Å². The predicted octanol–water partition coefficient (Wildman–Crippen LogP) is 0.00620. The Kier molecular flexibility index (Phi) is 2.82. The Bertz CT molecular complexity index is 245. The van der Waals surface area contributed by atoms with Crippen molar-refractivity contribution in [2.24, 2.45) is 0 Å². The molecule has 1 aromatic heterocycles. The van der Waals surface area contributed by atoms with Gasteiger partial charge in [0.2, 0.25) is 0 Å². The third kappa shape index (κ3) is 2.06. The highest BCUT2D eigenvalue weighted by molar-refractivity contribution is 5.69. The van der Waals surface area contributed by atoms with E-state index >= 15 is 0 Å². The molecular weight excluding hydrogens is 160 g/mol. The summed E-state index contributed by atoms with van der Waals surface area (Å²) >= 11 is 0. The molecule has 5 nitrogen and oxygen atoms in total. The maximum absolute atomic E-state index is 10.7. The molecule has 0 bridgehead atoms. The lowest BCUT2D eigenvalue weighted by molar-refractivity contribution is -0.143. The third-order valence-corrected chi connectivity index (χ3v) is 1.42. The third-order valence-electron chi connectivity index (χ3n) is 1.42. The summed E-state index contributed by atoms with van der Waals surface area (Å²) in [5, 5.41) is 9.32. The number of methoxy groups -OCH3 is 1. The Morgan fingerprint density at radius 3 is 3.17 bits per heavy atom. The Morgan fingerprint density at radius 2 is 2.67 bits per heavy atom. The summed E-state index contributed by atoms with van der Waals surface area (Å²) in [6.45, 7) is 0. The molecule has 0 spiro atoms. The fourth-order valence-electron chi connectivity index (χ4n) is 0.798. The molecule has 1 rings (SSSR count). The van der Waals surface area contributed by atoms with E-state index in [2.05, 4.69) is 14.7 Å². The summed E-state index contributed by atoms with van der Waals surface area (Å²) in [7, 11) is 1.27. The molecule has 1 heterocycles. The van der Waals surface area contributed by atoms with Gasteiger partial charge in [0.15, 0.2) is 0 Å². The van der Waals surface area contributed by atoms with Gasteiger partial charge in [-0.2, -0.15) is 0 Å². The average molecular weight is 170 g/mol. The van der Waals surface area contributed by atoms with Crippen molar-refractivity contribution < 1.29 is 14.6 Å². The van der Waals surface area contributed by atoms with Crippen LogP contribution in [0.3, 0.4) is 0 Å². The number of imidazole rings is 1. The van der Waals surface area contributed by atoms with Crippen molar-refractivity contribution in [3.63, 3.8) is 0 Å². The van der Waals surface area contributed by atoms with Crippen molar-refractivity contribution in [3.05, 3.63) is 18.2 Å². The second-order valence-corrected chi connectivity index (χ2v) is 2.27. The molecule has 0 radical (unpaired) electrons. The van der Waals surface area contributed by atoms with Gasteiger partial charge in [-0.3, -0.25) is 4.79 Å². The number of aliphatic hydroxyl groups excluding tert-OH is 1. The minimum absolute atomic E-state index is 0.0794. The maximum atomic E-state index is 10.7. The van der Waals surface area contributed by atoms with Crippen LogP contribution in [-0.4, -0.2) is 28.2 Å². The zero-order valence-corrected chi connectivity index (χ0v) is 6.65. The van der Waals surface area contributed by atoms with Crippen LogP contribution >= 0.6 is 0 Å². The van der Waals surface area contributed by atoms with E-state index in [1.807, 2.05) is 0 Å². The SMILES string of the molecule is COC(=O)CC(O)c1ncc[nH]1. The van der Waals surface area contributed by atoms with Crippen LogP contribution in [0.15, 0.2) is 12.4 Å². The number of esters is 1. The number of carbonyl (C=O) groups is 1. The molecule has 66 valence electrons. The van der Waals surface area contributed by atoms with Gasteiger partial charge in [0.1, 0.15) is 11.9 Å². The second kappa shape index (κ2) is 3.87. The van der Waals surface area contributed by atoms with Gasteiger partial charge in [-0.1, -0.05) is 0 Å². The molecule has 5 heteroatoms. The fourth-order valence-corrected chi connectivity index (χ4v) is 0.798. The number of aromatic nitrogens is 2. The number of nitrogens with one attached hydrogen (secondary N) is 1. The summed E-state index contributed by atoms with van der Waals surface area (Å²) in [6.07, 6.45) is 2.10. The molecule has 1 atom stereocenters. The summed E-state index contributed by atoms with van der Waals surface area (Å²) < 4.78 is 4.38. The van der Waals surface area contributed by atoms with Crippen molar-refractivity contribution in [3.8, 4) is 0 Å². The normalized spacial score (nSPS) is 12.5. The van der Waals surface area contributed by atoms with E-state index in [0.29, 0.717) is 5.82 Å². The number of nitrogens with zero attached hydrogens (tertiary/aromatic N) is 1. The van der Waals surface area contributed by atoms with Crippen molar-refractivity contribution in [1.29, 1.82) is 0 Å². The predicted molar refractivity (Wildman–Crippen MR) is 40.2 cm³/mol. The van der Waals surface area contributed by atoms with Crippen LogP contribution < -0.4 is 0 Å². The minimum Gasteiger partial charge on any atom is -0.469 e. The second-order valence-electron chi connectivity index (χ2n) is 2.27. The molecule has 0 fully saturated rings. The standard InChI is InChI=1S/C7H10N2O3/c1-12-6(11)4-5(10)7-8-2-3-9-7/h2-3,5,10H,4H2,1H3,(H,8,9). The first-order valence-electron chi connectivity index (χ1n) is 3.48. The first kappa shape index (κ1) is 8.73. The summed E-state index contributed by atoms with van der Waals surface area (Å²) in [5.74, 6) is -0.0840. The number of hydrogen-bond acceptors (Lipinski definition) is 4. The van der Waals surface area contributed by atoms with Crippen LogP contribution in [0.1, 0.15) is 18.3 Å². The number of aromatic amines is 1. The molecule has 1 aromatic rings. The van der Waals surface area contributed by atoms with Crippen LogP contribution in [0.5, 0.6) is 0 Å². The van der Waals surface area contributed by atoms with Gasteiger partial charge in [0.05, 0.1) is 13.5 Å². The van der Waals surface area contributed by atoms with Crippen molar-refractivity contribution in [1.82, 2.24) is 9.97 Å². The number of aliphatic hydroxyl groups is 1. The molecule has 0 aliphatic rings. The highest BCUT2D eigenvalue weighted by Crippen LogP contribution is 2.11. The largest absolute Gasteiger partial charge is 0.469 e. The topological polar surface area (TPSA) is 75.2 Å². The number of carbonyl (C=O) groups excluding carboxylic acids is 1. The molecule has 0 amide bonds. The Balaban J connectivity index is 2.49. The average Bonchev–Trinajstić information content (AvgIpc) is 2.56. The first-order valence-corrected chi connectivity index (χ1v) is 3.48. The summed E-state index contributed by atoms with van der Waals surface area (Å²) in [5.41, 5.74) is 0. The van der Waals surface area contributed by atoms with Crippen LogP contribution in [0.2, 0.25) is 0 Å². The number of H-pyrrole nitrogens is 1. The zero-order chi connectivity index (χ0) is 8.97. The van der Waals surface area contributed by atoms with E-state index in [0.717, 1.165) is 0 Å². The Hall–Kier alpha value is -1.36. The number of rotatable bonds is 3. The zero-order valence-electron chi connectivity index (χ0n) is 6.65. The van der Waals surface area contributed by atoms with Crippen molar-refractivity contribution >= 4 is 5.97 Å². The van der Waals surface area contributed by atoms with Gasteiger partial charge in [-0.15, -0.1) is 0 Å². The maximum Gasteiger partial charge on any atom is 0.308 e. The van der Waals surface area contributed by atoms with E-state index in [1.54, 1.807) is 6.20 Å². The van der Waals surface area contributed by atoms with E-state index in [9.17, 15) is 9.90 Å². The molecule has 0 aromatic carbocycles. The van der Waals surface area contributed by atoms with Crippen LogP contribution in [0.4, 0.5) is 0 Å². The lowest BCUT2D eigenvalue weighted by Crippen LogP contribution is -2.09. The van der Waals surface area contributed by atoms with Gasteiger partial charge >= 0.3 is 5.97 Å². The highest BCUT2D eigenvalue weighted by atomic mass is 16.5. The van der Waals surface area contributed by atoms with E-state index in [1.165, 1.54) is 13.3 Å². The minimum atomic E-state index is -0.910. The van der Waals surface area contributed by atoms with Crippen LogP contribution in [0.25, 0.3) is 0 Å². The number of hydrogen-bond donors (Lipinski definition) is 2. The van der Waals surface area contributed by atoms with Crippen molar-refractivity contribution in [2.75, 3.05) is 7.11 Å². The molecule has 12 heavy (non-hydrogen) atoms. The van der Waals surface area contributed by atoms with Gasteiger partial charge in [0.25, 0.3) is 0 Å². The molecule has 1 unspecified atom stereocenters. The monoisotopic (exact) mass is 170 g/mol. The fraction of sp³-hybridized carbons (Fsp3) is 0.429. The lowest BCUT2D eigenvalue weighted by atomic mass is 10.2. The molecular formula is C7H10N2O3. The van der Waals surface area contributed by atoms with Crippen molar-refractivity contribution in [2.45, 2.75) is 12.5 Å². The first-order chi connectivity index (χ1) is 5.74. The molecule has 0 saturated heterocycles. The van der Waals surface area contributed by atoms with Gasteiger partial charge < -0.3 is 14.8 Å². The molecule has 0 aliphatic heterocycles. The molecule has 2 N–H and O–H groups in total. The van der Waals surface area contributed by atoms with E-state index < -0.39 is 12.1 Å². The Morgan fingerprint density at radius 1 is 1.92 bits per heavy atom. The quantitative estimate of drug-likeness (QED) is 0.626. The summed E-state index contributed by atoms with van der Waals surface area (Å²) in [4.78, 5) is 17.2. The molecule has 0 aliphatic carbocycles. The Labute approximate surface area is 69.4 Å². The van der Waals surface area contributed by atoms with Gasteiger partial charge in [-0.05, 0) is 0 Å². The molecule has 0 saturated carbocycles. The highest BCUT2D eigenvalue weighted by Gasteiger charge is 2.14. The van der Waals surface area contributed by atoms with E-state index in [4.69, 9.17) is 0 Å². The lowest BCUT2D eigenvalue weighted by Gasteiger charge is -2.04. The number of ether oxygens (including phenoxy) is 1. The smallest absolute Gasteiger partial charge is 0.308 e. The van der Waals surface area contributed by atoms with E-state index in [-0.39, 0.29) is 6.42 Å².